The average molecular weight is 420 g/mol. The van der Waals surface area contributed by atoms with Gasteiger partial charge in [0.25, 0.3) is 5.56 Å². The van der Waals surface area contributed by atoms with Crippen molar-refractivity contribution in [2.75, 3.05) is 0 Å². The van der Waals surface area contributed by atoms with E-state index in [4.69, 9.17) is 11.6 Å². The summed E-state index contributed by atoms with van der Waals surface area (Å²) >= 11 is 7.34. The molecule has 28 heavy (non-hydrogen) atoms. The summed E-state index contributed by atoms with van der Waals surface area (Å²) in [6.07, 6.45) is 6.22. The lowest BCUT2D eigenvalue weighted by atomic mass is 9.86. The first kappa shape index (κ1) is 20.9. The van der Waals surface area contributed by atoms with Gasteiger partial charge in [-0.05, 0) is 43.9 Å². The third kappa shape index (κ3) is 4.61. The standard InChI is InChI=1S/C21H26ClN3O2S/c1-4-11-25-20(27)16-12-15(22)9-10-18(16)24-21(25)28-14(3)19(26)23-17-8-6-5-7-13(17)2/h4,9-10,12-14,17H,1,5-8,11H2,2-3H3,(H,23,26)/t13-,14+,17+/m0/s1. The second-order valence-corrected chi connectivity index (χ2v) is 9.14. The summed E-state index contributed by atoms with van der Waals surface area (Å²) in [6.45, 7) is 8.10. The van der Waals surface area contributed by atoms with E-state index < -0.39 is 0 Å². The smallest absolute Gasteiger partial charge is 0.262 e. The number of aromatic nitrogens is 2. The molecule has 1 heterocycles. The first-order valence-electron chi connectivity index (χ1n) is 9.68. The van der Waals surface area contributed by atoms with E-state index >= 15 is 0 Å². The van der Waals surface area contributed by atoms with E-state index in [9.17, 15) is 9.59 Å². The number of carbonyl (C=O) groups is 1. The number of benzene rings is 1. The molecule has 0 saturated heterocycles. The fourth-order valence-electron chi connectivity index (χ4n) is 3.60. The normalized spacial score (nSPS) is 20.7. The zero-order valence-corrected chi connectivity index (χ0v) is 17.9. The van der Waals surface area contributed by atoms with Crippen LogP contribution in [0.15, 0.2) is 40.8 Å². The highest BCUT2D eigenvalue weighted by atomic mass is 35.5. The molecule has 1 N–H and O–H groups in total. The number of hydrogen-bond donors (Lipinski definition) is 1. The number of halogens is 1. The third-order valence-corrected chi connectivity index (χ3v) is 6.61. The van der Waals surface area contributed by atoms with Gasteiger partial charge in [-0.25, -0.2) is 4.98 Å². The van der Waals surface area contributed by atoms with Crippen LogP contribution in [0.5, 0.6) is 0 Å². The molecule has 3 atom stereocenters. The molecule has 0 bridgehead atoms. The van der Waals surface area contributed by atoms with Crippen molar-refractivity contribution in [2.24, 2.45) is 5.92 Å². The van der Waals surface area contributed by atoms with Crippen LogP contribution in [-0.2, 0) is 11.3 Å². The summed E-state index contributed by atoms with van der Waals surface area (Å²) in [5.74, 6) is 0.483. The molecular weight excluding hydrogens is 394 g/mol. The van der Waals surface area contributed by atoms with Crippen molar-refractivity contribution in [3.05, 3.63) is 46.2 Å². The van der Waals surface area contributed by atoms with Crippen LogP contribution in [0.1, 0.15) is 39.5 Å². The van der Waals surface area contributed by atoms with E-state index in [1.54, 1.807) is 28.8 Å². The number of rotatable bonds is 6. The molecule has 0 radical (unpaired) electrons. The van der Waals surface area contributed by atoms with Gasteiger partial charge in [-0.3, -0.25) is 14.2 Å². The predicted octanol–water partition coefficient (Wildman–Crippen LogP) is 4.41. The number of nitrogens with zero attached hydrogens (tertiary/aromatic N) is 2. The maximum absolute atomic E-state index is 12.9. The molecule has 1 saturated carbocycles. The Morgan fingerprint density at radius 2 is 2.21 bits per heavy atom. The number of fused-ring (bicyclic) bond motifs is 1. The Balaban J connectivity index is 1.84. The van der Waals surface area contributed by atoms with Crippen LogP contribution in [0.3, 0.4) is 0 Å². The fourth-order valence-corrected chi connectivity index (χ4v) is 4.69. The number of nitrogens with one attached hydrogen (secondary N) is 1. The van der Waals surface area contributed by atoms with Crippen LogP contribution in [0.4, 0.5) is 0 Å². The van der Waals surface area contributed by atoms with Gasteiger partial charge >= 0.3 is 0 Å². The summed E-state index contributed by atoms with van der Waals surface area (Å²) in [4.78, 5) is 30.3. The van der Waals surface area contributed by atoms with Gasteiger partial charge in [0.2, 0.25) is 5.91 Å². The molecule has 150 valence electrons. The lowest BCUT2D eigenvalue weighted by Crippen LogP contribution is -2.44. The summed E-state index contributed by atoms with van der Waals surface area (Å²) in [5, 5.41) is 4.30. The second kappa shape index (κ2) is 9.14. The van der Waals surface area contributed by atoms with Crippen molar-refractivity contribution in [3.8, 4) is 0 Å². The molecule has 1 aromatic heterocycles. The van der Waals surface area contributed by atoms with Crippen LogP contribution in [0.2, 0.25) is 5.02 Å². The predicted molar refractivity (Wildman–Crippen MR) is 116 cm³/mol. The SMILES string of the molecule is C=CCn1c(S[C@H](C)C(=O)N[C@@H]2CCCC[C@@H]2C)nc2ccc(Cl)cc2c1=O. The van der Waals surface area contributed by atoms with E-state index in [1.165, 1.54) is 18.2 Å². The highest BCUT2D eigenvalue weighted by molar-refractivity contribution is 8.00. The van der Waals surface area contributed by atoms with Gasteiger partial charge in [0, 0.05) is 17.6 Å². The quantitative estimate of drug-likeness (QED) is 0.428. The van der Waals surface area contributed by atoms with E-state index in [-0.39, 0.29) is 22.8 Å². The highest BCUT2D eigenvalue weighted by Crippen LogP contribution is 2.26. The van der Waals surface area contributed by atoms with Gasteiger partial charge in [0.15, 0.2) is 5.16 Å². The zero-order valence-electron chi connectivity index (χ0n) is 16.3. The minimum atomic E-state index is -0.359. The minimum Gasteiger partial charge on any atom is -0.352 e. The molecule has 1 amide bonds. The molecule has 3 rings (SSSR count). The molecule has 1 aliphatic rings. The summed E-state index contributed by atoms with van der Waals surface area (Å²) < 4.78 is 1.54. The Kier molecular flexibility index (Phi) is 6.83. The number of hydrogen-bond acceptors (Lipinski definition) is 4. The number of amides is 1. The minimum absolute atomic E-state index is 0.0145. The third-order valence-electron chi connectivity index (χ3n) is 5.28. The Labute approximate surface area is 174 Å². The molecule has 1 aliphatic carbocycles. The van der Waals surface area contributed by atoms with Gasteiger partial charge in [0.1, 0.15) is 0 Å². The average Bonchev–Trinajstić information content (AvgIpc) is 2.67. The molecular formula is C21H26ClN3O2S. The van der Waals surface area contributed by atoms with E-state index in [1.807, 2.05) is 6.92 Å². The fraction of sp³-hybridized carbons (Fsp3) is 0.476. The lowest BCUT2D eigenvalue weighted by molar-refractivity contribution is -0.121. The lowest BCUT2D eigenvalue weighted by Gasteiger charge is -2.30. The van der Waals surface area contributed by atoms with Gasteiger partial charge in [-0.2, -0.15) is 0 Å². The summed E-state index contributed by atoms with van der Waals surface area (Å²) in [5.41, 5.74) is 0.397. The van der Waals surface area contributed by atoms with Crippen molar-refractivity contribution in [1.29, 1.82) is 0 Å². The molecule has 2 aromatic rings. The van der Waals surface area contributed by atoms with Gasteiger partial charge in [-0.15, -0.1) is 6.58 Å². The monoisotopic (exact) mass is 419 g/mol. The van der Waals surface area contributed by atoms with E-state index in [0.29, 0.717) is 33.5 Å². The van der Waals surface area contributed by atoms with E-state index in [2.05, 4.69) is 23.8 Å². The maximum atomic E-state index is 12.9. The maximum Gasteiger partial charge on any atom is 0.262 e. The van der Waals surface area contributed by atoms with Crippen LogP contribution in [0.25, 0.3) is 10.9 Å². The van der Waals surface area contributed by atoms with Gasteiger partial charge in [0.05, 0.1) is 16.2 Å². The number of allylic oxidation sites excluding steroid dienone is 1. The Bertz CT molecular complexity index is 943. The largest absolute Gasteiger partial charge is 0.352 e. The molecule has 0 unspecified atom stereocenters. The molecule has 5 nitrogen and oxygen atoms in total. The Hall–Kier alpha value is -1.79. The second-order valence-electron chi connectivity index (χ2n) is 7.40. The van der Waals surface area contributed by atoms with Gasteiger partial charge in [-0.1, -0.05) is 49.2 Å². The van der Waals surface area contributed by atoms with Gasteiger partial charge < -0.3 is 5.32 Å². The zero-order chi connectivity index (χ0) is 20.3. The molecule has 0 spiro atoms. The topological polar surface area (TPSA) is 64.0 Å². The van der Waals surface area contributed by atoms with Crippen LogP contribution < -0.4 is 10.9 Å². The number of carbonyl (C=O) groups excluding carboxylic acids is 1. The number of thioether (sulfide) groups is 1. The summed E-state index contributed by atoms with van der Waals surface area (Å²) in [7, 11) is 0. The van der Waals surface area contributed by atoms with Crippen molar-refractivity contribution in [2.45, 2.75) is 62.5 Å². The molecule has 1 fully saturated rings. The molecule has 1 aromatic carbocycles. The Morgan fingerprint density at radius 3 is 2.93 bits per heavy atom. The summed E-state index contributed by atoms with van der Waals surface area (Å²) in [6, 6.07) is 5.30. The first-order valence-corrected chi connectivity index (χ1v) is 10.9. The highest BCUT2D eigenvalue weighted by Gasteiger charge is 2.26. The molecule has 7 heteroatoms. The van der Waals surface area contributed by atoms with Crippen LogP contribution >= 0.6 is 23.4 Å². The van der Waals surface area contributed by atoms with E-state index in [0.717, 1.165) is 19.3 Å². The van der Waals surface area contributed by atoms with Crippen LogP contribution in [0, 0.1) is 5.92 Å². The van der Waals surface area contributed by atoms with Crippen molar-refractivity contribution >= 4 is 40.2 Å². The molecule has 0 aliphatic heterocycles. The van der Waals surface area contributed by atoms with Crippen molar-refractivity contribution in [3.63, 3.8) is 0 Å². The first-order chi connectivity index (χ1) is 13.4. The van der Waals surface area contributed by atoms with Crippen molar-refractivity contribution in [1.82, 2.24) is 14.9 Å². The van der Waals surface area contributed by atoms with Crippen molar-refractivity contribution < 1.29 is 4.79 Å². The Morgan fingerprint density at radius 1 is 1.46 bits per heavy atom. The van der Waals surface area contributed by atoms with Crippen LogP contribution in [-0.4, -0.2) is 26.8 Å².